The summed E-state index contributed by atoms with van der Waals surface area (Å²) < 4.78 is 29.7. The predicted molar refractivity (Wildman–Crippen MR) is 111 cm³/mol. The number of aryl methyl sites for hydroxylation is 1. The van der Waals surface area contributed by atoms with Crippen molar-refractivity contribution in [2.45, 2.75) is 18.2 Å². The van der Waals surface area contributed by atoms with Crippen LogP contribution in [0.1, 0.15) is 11.3 Å². The number of nitrogens with one attached hydrogen (secondary N) is 1. The topological polar surface area (TPSA) is 111 Å². The quantitative estimate of drug-likeness (QED) is 0.618. The van der Waals surface area contributed by atoms with Crippen molar-refractivity contribution >= 4 is 33.2 Å². The van der Waals surface area contributed by atoms with Gasteiger partial charge in [0, 0.05) is 22.6 Å². The number of carbonyl (C=O) groups is 1. The molecule has 0 unspecified atom stereocenters. The molecule has 0 bridgehead atoms. The van der Waals surface area contributed by atoms with Gasteiger partial charge in [-0.3, -0.25) is 9.78 Å². The third-order valence-corrected chi connectivity index (χ3v) is 5.04. The van der Waals surface area contributed by atoms with E-state index in [9.17, 15) is 13.2 Å². The molecular weight excluding hydrogens is 414 g/mol. The number of nitrogens with zero attached hydrogens (tertiary/aromatic N) is 1. The first-order chi connectivity index (χ1) is 13.7. The second-order valence-electron chi connectivity index (χ2n) is 6.32. The van der Waals surface area contributed by atoms with E-state index in [-0.39, 0.29) is 28.7 Å². The second-order valence-corrected chi connectivity index (χ2v) is 8.28. The lowest BCUT2D eigenvalue weighted by atomic mass is 10.2. The zero-order chi connectivity index (χ0) is 21.0. The molecule has 0 aliphatic heterocycles. The van der Waals surface area contributed by atoms with Gasteiger partial charge in [0.25, 0.3) is 0 Å². The number of primary sulfonamides is 1. The van der Waals surface area contributed by atoms with Crippen molar-refractivity contribution in [1.29, 1.82) is 0 Å². The summed E-state index contributed by atoms with van der Waals surface area (Å²) in [6.07, 6.45) is 1.72. The fraction of sp³-hybridized carbons (Fsp3) is 0.100. The van der Waals surface area contributed by atoms with E-state index in [1.807, 2.05) is 13.0 Å². The largest absolute Gasteiger partial charge is 0.456 e. The number of nitrogens with two attached hydrogens (primary N) is 1. The number of hydrogen-bond donors (Lipinski definition) is 2. The summed E-state index contributed by atoms with van der Waals surface area (Å²) in [5, 5.41) is 8.40. The van der Waals surface area contributed by atoms with Crippen molar-refractivity contribution in [1.82, 2.24) is 4.98 Å². The Hall–Kier alpha value is -2.94. The van der Waals surface area contributed by atoms with Gasteiger partial charge in [0.1, 0.15) is 16.4 Å². The molecule has 0 spiro atoms. The molecular formula is C20H18ClN3O4S. The SMILES string of the molecule is Cc1ccc(CC(=O)Nc2ccc(Oc3cccc(Cl)c3)c(S(N)(=O)=O)c2)nc1. The molecule has 29 heavy (non-hydrogen) atoms. The van der Waals surface area contributed by atoms with Crippen molar-refractivity contribution in [2.75, 3.05) is 5.32 Å². The van der Waals surface area contributed by atoms with Crippen molar-refractivity contribution in [3.8, 4) is 11.5 Å². The van der Waals surface area contributed by atoms with Gasteiger partial charge in [0.05, 0.1) is 6.42 Å². The van der Waals surface area contributed by atoms with Gasteiger partial charge < -0.3 is 10.1 Å². The van der Waals surface area contributed by atoms with Gasteiger partial charge >= 0.3 is 0 Å². The Morgan fingerprint density at radius 1 is 1.17 bits per heavy atom. The number of ether oxygens (including phenoxy) is 1. The molecule has 1 heterocycles. The van der Waals surface area contributed by atoms with Crippen molar-refractivity contribution in [3.63, 3.8) is 0 Å². The van der Waals surface area contributed by atoms with Gasteiger partial charge in [0.2, 0.25) is 15.9 Å². The molecule has 0 saturated heterocycles. The lowest BCUT2D eigenvalue weighted by Crippen LogP contribution is -2.17. The summed E-state index contributed by atoms with van der Waals surface area (Å²) in [7, 11) is -4.11. The van der Waals surface area contributed by atoms with Crippen LogP contribution >= 0.6 is 11.6 Å². The summed E-state index contributed by atoms with van der Waals surface area (Å²) in [6.45, 7) is 1.90. The number of carbonyl (C=O) groups excluding carboxylic acids is 1. The van der Waals surface area contributed by atoms with Gasteiger partial charge in [-0.15, -0.1) is 0 Å². The molecule has 3 aromatic rings. The molecule has 0 fully saturated rings. The molecule has 0 aliphatic rings. The molecule has 150 valence electrons. The number of benzene rings is 2. The summed E-state index contributed by atoms with van der Waals surface area (Å²) in [5.74, 6) is 0.0304. The predicted octanol–water partition coefficient (Wildman–Crippen LogP) is 3.66. The fourth-order valence-electron chi connectivity index (χ4n) is 2.52. The smallest absolute Gasteiger partial charge is 0.241 e. The number of rotatable bonds is 6. The normalized spacial score (nSPS) is 11.1. The molecule has 9 heteroatoms. The minimum Gasteiger partial charge on any atom is -0.456 e. The average Bonchev–Trinajstić information content (AvgIpc) is 2.64. The fourth-order valence-corrected chi connectivity index (χ4v) is 3.38. The number of halogens is 1. The molecule has 0 aliphatic carbocycles. The van der Waals surface area contributed by atoms with E-state index in [1.54, 1.807) is 36.5 Å². The summed E-state index contributed by atoms with van der Waals surface area (Å²) in [4.78, 5) is 16.2. The molecule has 0 radical (unpaired) electrons. The molecule has 2 aromatic carbocycles. The van der Waals surface area contributed by atoms with Crippen molar-refractivity contribution in [2.24, 2.45) is 5.14 Å². The van der Waals surface area contributed by atoms with Crippen molar-refractivity contribution < 1.29 is 17.9 Å². The molecule has 3 N–H and O–H groups in total. The Bertz CT molecular complexity index is 1150. The van der Waals surface area contributed by atoms with Crippen LogP contribution in [-0.4, -0.2) is 19.3 Å². The summed E-state index contributed by atoms with van der Waals surface area (Å²) >= 11 is 5.92. The maximum Gasteiger partial charge on any atom is 0.241 e. The first-order valence-electron chi connectivity index (χ1n) is 8.52. The highest BCUT2D eigenvalue weighted by Gasteiger charge is 2.18. The van der Waals surface area contributed by atoms with E-state index in [0.717, 1.165) is 5.56 Å². The molecule has 1 amide bonds. The molecule has 3 rings (SSSR count). The third-order valence-electron chi connectivity index (χ3n) is 3.87. The average molecular weight is 432 g/mol. The van der Waals surface area contributed by atoms with Crippen LogP contribution in [0.25, 0.3) is 0 Å². The molecule has 1 aromatic heterocycles. The Morgan fingerprint density at radius 2 is 1.97 bits per heavy atom. The van der Waals surface area contributed by atoms with Crippen LogP contribution in [-0.2, 0) is 21.2 Å². The maximum atomic E-state index is 12.3. The van der Waals surface area contributed by atoms with Crippen LogP contribution in [0, 0.1) is 6.92 Å². The highest BCUT2D eigenvalue weighted by molar-refractivity contribution is 7.89. The van der Waals surface area contributed by atoms with Crippen LogP contribution in [0.15, 0.2) is 65.7 Å². The van der Waals surface area contributed by atoms with Crippen LogP contribution < -0.4 is 15.2 Å². The van der Waals surface area contributed by atoms with Gasteiger partial charge in [-0.25, -0.2) is 13.6 Å². The van der Waals surface area contributed by atoms with Gasteiger partial charge in [-0.05, 0) is 55.0 Å². The number of pyridine rings is 1. The van der Waals surface area contributed by atoms with Gasteiger partial charge in [-0.2, -0.15) is 0 Å². The minimum absolute atomic E-state index is 0.0213. The van der Waals surface area contributed by atoms with E-state index < -0.39 is 10.0 Å². The minimum atomic E-state index is -4.11. The Labute approximate surface area is 173 Å². The third kappa shape index (κ3) is 5.77. The first-order valence-corrected chi connectivity index (χ1v) is 10.4. The van der Waals surface area contributed by atoms with Gasteiger partial charge in [0.15, 0.2) is 0 Å². The van der Waals surface area contributed by atoms with Crippen molar-refractivity contribution in [3.05, 3.63) is 77.1 Å². The number of anilines is 1. The zero-order valence-corrected chi connectivity index (χ0v) is 17.0. The van der Waals surface area contributed by atoms with E-state index in [4.69, 9.17) is 21.5 Å². The lowest BCUT2D eigenvalue weighted by molar-refractivity contribution is -0.115. The maximum absolute atomic E-state index is 12.3. The second kappa shape index (κ2) is 8.60. The molecule has 7 nitrogen and oxygen atoms in total. The molecule has 0 atom stereocenters. The van der Waals surface area contributed by atoms with Gasteiger partial charge in [-0.1, -0.05) is 23.7 Å². The number of hydrogen-bond acceptors (Lipinski definition) is 5. The number of sulfonamides is 1. The lowest BCUT2D eigenvalue weighted by Gasteiger charge is -2.12. The Kier molecular flexibility index (Phi) is 6.17. The van der Waals surface area contributed by atoms with Crippen LogP contribution in [0.3, 0.4) is 0 Å². The highest BCUT2D eigenvalue weighted by atomic mass is 35.5. The standard InChI is InChI=1S/C20H18ClN3O4S/c1-13-5-6-15(23-12-13)11-20(25)24-16-7-8-18(19(10-16)29(22,26)27)28-17-4-2-3-14(21)9-17/h2-10,12H,11H2,1H3,(H,24,25)(H2,22,26,27). The summed E-state index contributed by atoms with van der Waals surface area (Å²) in [6, 6.07) is 14.3. The molecule has 0 saturated carbocycles. The van der Waals surface area contributed by atoms with E-state index in [2.05, 4.69) is 10.3 Å². The number of amides is 1. The van der Waals surface area contributed by atoms with E-state index in [0.29, 0.717) is 16.5 Å². The van der Waals surface area contributed by atoms with Crippen LogP contribution in [0.2, 0.25) is 5.02 Å². The zero-order valence-electron chi connectivity index (χ0n) is 15.4. The Balaban J connectivity index is 1.81. The van der Waals surface area contributed by atoms with Crippen LogP contribution in [0.4, 0.5) is 5.69 Å². The first kappa shape index (κ1) is 20.8. The highest BCUT2D eigenvalue weighted by Crippen LogP contribution is 2.31. The van der Waals surface area contributed by atoms with Crippen LogP contribution in [0.5, 0.6) is 11.5 Å². The summed E-state index contributed by atoms with van der Waals surface area (Å²) in [5.41, 5.74) is 1.85. The van der Waals surface area contributed by atoms with E-state index >= 15 is 0 Å². The Morgan fingerprint density at radius 3 is 2.62 bits per heavy atom. The number of aromatic nitrogens is 1. The van der Waals surface area contributed by atoms with E-state index in [1.165, 1.54) is 18.2 Å². The monoisotopic (exact) mass is 431 g/mol.